The maximum atomic E-state index is 11.7. The molecule has 0 aliphatic rings. The van der Waals surface area contributed by atoms with Crippen molar-refractivity contribution >= 4 is 52.2 Å². The molecular weight excluding hydrogens is 549 g/mol. The summed E-state index contributed by atoms with van der Waals surface area (Å²) >= 11 is 12.4. The number of anilines is 4. The van der Waals surface area contributed by atoms with E-state index in [0.717, 1.165) is 0 Å². The molecule has 3 heterocycles. The number of carboxylic acid groups (broad SMARTS) is 1. The zero-order valence-corrected chi connectivity index (χ0v) is 22.3. The lowest BCUT2D eigenvalue weighted by Crippen LogP contribution is -2.16. The Labute approximate surface area is 233 Å². The molecule has 0 saturated carbocycles. The Bertz CT molecular complexity index is 1450. The second kappa shape index (κ2) is 13.2. The summed E-state index contributed by atoms with van der Waals surface area (Å²) in [6.07, 6.45) is 4.27. The van der Waals surface area contributed by atoms with Crippen LogP contribution >= 0.6 is 23.2 Å². The van der Waals surface area contributed by atoms with Gasteiger partial charge in [0.15, 0.2) is 17.4 Å². The fourth-order valence-corrected chi connectivity index (χ4v) is 3.92. The van der Waals surface area contributed by atoms with E-state index in [1.165, 1.54) is 18.5 Å². The largest absolute Gasteiger partial charge is 0.478 e. The lowest BCUT2D eigenvalue weighted by atomic mass is 10.2. The minimum Gasteiger partial charge on any atom is -0.478 e. The summed E-state index contributed by atoms with van der Waals surface area (Å²) < 4.78 is 11.2. The van der Waals surface area contributed by atoms with Crippen LogP contribution in [0.25, 0.3) is 11.3 Å². The predicted molar refractivity (Wildman–Crippen MR) is 147 cm³/mol. The van der Waals surface area contributed by atoms with Crippen LogP contribution in [-0.2, 0) is 11.3 Å². The van der Waals surface area contributed by atoms with Gasteiger partial charge in [-0.15, -0.1) is 0 Å². The highest BCUT2D eigenvalue weighted by atomic mass is 35.5. The molecule has 0 radical (unpaired) electrons. The lowest BCUT2D eigenvalue weighted by Gasteiger charge is -2.18. The summed E-state index contributed by atoms with van der Waals surface area (Å²) in [5, 5.41) is 29.0. The van der Waals surface area contributed by atoms with Crippen molar-refractivity contribution in [2.24, 2.45) is 0 Å². The number of aliphatic hydroxyl groups excluding tert-OH is 1. The van der Waals surface area contributed by atoms with Crippen LogP contribution in [0.1, 0.15) is 22.1 Å². The van der Waals surface area contributed by atoms with Crippen LogP contribution in [0, 0.1) is 6.92 Å². The van der Waals surface area contributed by atoms with Gasteiger partial charge in [0, 0.05) is 29.5 Å². The van der Waals surface area contributed by atoms with Gasteiger partial charge in [0.25, 0.3) is 0 Å². The minimum absolute atomic E-state index is 0.0256. The first kappa shape index (κ1) is 28.0. The monoisotopic (exact) mass is 573 g/mol. The maximum Gasteiger partial charge on any atom is 0.339 e. The van der Waals surface area contributed by atoms with Gasteiger partial charge in [-0.1, -0.05) is 23.2 Å². The van der Waals surface area contributed by atoms with Crippen molar-refractivity contribution in [3.05, 3.63) is 70.2 Å². The van der Waals surface area contributed by atoms with Crippen molar-refractivity contribution in [1.29, 1.82) is 0 Å². The third-order valence-electron chi connectivity index (χ3n) is 5.26. The first-order valence-electron chi connectivity index (χ1n) is 11.7. The number of nitrogens with one attached hydrogen (secondary N) is 3. The molecule has 0 atom stereocenters. The zero-order valence-electron chi connectivity index (χ0n) is 20.7. The third kappa shape index (κ3) is 7.33. The number of benzene rings is 1. The number of ether oxygens (including phenoxy) is 1. The summed E-state index contributed by atoms with van der Waals surface area (Å²) in [7, 11) is 0. The van der Waals surface area contributed by atoms with Gasteiger partial charge in [0.05, 0.1) is 43.3 Å². The van der Waals surface area contributed by atoms with Crippen molar-refractivity contribution < 1.29 is 24.2 Å². The second-order valence-corrected chi connectivity index (χ2v) is 8.90. The molecule has 4 rings (SSSR count). The van der Waals surface area contributed by atoms with Crippen molar-refractivity contribution in [1.82, 2.24) is 19.9 Å². The number of aromatic nitrogens is 4. The van der Waals surface area contributed by atoms with Gasteiger partial charge in [-0.05, 0) is 31.2 Å². The van der Waals surface area contributed by atoms with Crippen LogP contribution in [0.4, 0.5) is 23.0 Å². The zero-order chi connectivity index (χ0) is 27.8. The van der Waals surface area contributed by atoms with E-state index >= 15 is 0 Å². The maximum absolute atomic E-state index is 11.7. The number of rotatable bonds is 13. The molecule has 3 aromatic heterocycles. The fourth-order valence-electron chi connectivity index (χ4n) is 3.53. The molecule has 0 aliphatic carbocycles. The number of carboxylic acids is 1. The normalized spacial score (nSPS) is 10.9. The van der Waals surface area contributed by atoms with E-state index in [2.05, 4.69) is 35.9 Å². The standard InChI is InChI=1S/C25H25Cl2N7O5/c1-14-32-23(29-6-8-38-9-7-35)22(24(33-14)34-19-4-5-28-11-17(19)25(36)37)31-13-21-30-12-20(39-21)16-10-15(26)2-3-18(16)27/h2-5,10-12,31,35H,6-9,13H2,1H3,(H,36,37)(H2,28,29,32,33,34). The molecule has 0 fully saturated rings. The van der Waals surface area contributed by atoms with E-state index in [-0.39, 0.29) is 25.3 Å². The van der Waals surface area contributed by atoms with Crippen LogP contribution in [0.15, 0.2) is 47.3 Å². The van der Waals surface area contributed by atoms with Crippen LogP contribution in [0.2, 0.25) is 10.0 Å². The average molecular weight is 574 g/mol. The first-order chi connectivity index (χ1) is 18.9. The van der Waals surface area contributed by atoms with Gasteiger partial charge in [-0.2, -0.15) is 0 Å². The molecule has 14 heteroatoms. The summed E-state index contributed by atoms with van der Waals surface area (Å²) in [6, 6.07) is 6.58. The Morgan fingerprint density at radius 3 is 2.72 bits per heavy atom. The van der Waals surface area contributed by atoms with Gasteiger partial charge >= 0.3 is 5.97 Å². The molecule has 0 amide bonds. The minimum atomic E-state index is -1.14. The Balaban J connectivity index is 1.62. The van der Waals surface area contributed by atoms with E-state index in [1.54, 1.807) is 31.3 Å². The summed E-state index contributed by atoms with van der Waals surface area (Å²) in [4.78, 5) is 28.9. The number of aliphatic hydroxyl groups is 1. The number of carbonyl (C=O) groups is 1. The second-order valence-electron chi connectivity index (χ2n) is 8.05. The number of nitrogens with zero attached hydrogens (tertiary/aromatic N) is 4. The molecule has 4 aromatic rings. The number of pyridine rings is 1. The van der Waals surface area contributed by atoms with E-state index in [1.807, 2.05) is 0 Å². The van der Waals surface area contributed by atoms with Crippen LogP contribution in [0.3, 0.4) is 0 Å². The van der Waals surface area contributed by atoms with Crippen LogP contribution in [-0.4, -0.2) is 62.5 Å². The van der Waals surface area contributed by atoms with E-state index < -0.39 is 5.97 Å². The average Bonchev–Trinajstić information content (AvgIpc) is 3.38. The van der Waals surface area contributed by atoms with Crippen molar-refractivity contribution in [3.8, 4) is 11.3 Å². The number of aromatic carboxylic acids is 1. The smallest absolute Gasteiger partial charge is 0.339 e. The summed E-state index contributed by atoms with van der Waals surface area (Å²) in [6.45, 7) is 2.69. The number of oxazole rings is 1. The van der Waals surface area contributed by atoms with Gasteiger partial charge < -0.3 is 35.3 Å². The molecule has 1 aromatic carbocycles. The summed E-state index contributed by atoms with van der Waals surface area (Å²) in [5.41, 5.74) is 1.32. The predicted octanol–water partition coefficient (Wildman–Crippen LogP) is 4.62. The van der Waals surface area contributed by atoms with E-state index in [0.29, 0.717) is 69.2 Å². The Hall–Kier alpha value is -3.97. The topological polar surface area (TPSA) is 168 Å². The highest BCUT2D eigenvalue weighted by molar-refractivity contribution is 6.35. The van der Waals surface area contributed by atoms with Crippen LogP contribution < -0.4 is 16.0 Å². The molecule has 0 bridgehead atoms. The highest BCUT2D eigenvalue weighted by Gasteiger charge is 2.18. The van der Waals surface area contributed by atoms with Crippen molar-refractivity contribution in [3.63, 3.8) is 0 Å². The number of hydrogen-bond acceptors (Lipinski definition) is 11. The molecule has 0 saturated heterocycles. The van der Waals surface area contributed by atoms with Crippen molar-refractivity contribution in [2.45, 2.75) is 13.5 Å². The Morgan fingerprint density at radius 2 is 1.92 bits per heavy atom. The number of halogens is 2. The molecule has 12 nitrogen and oxygen atoms in total. The molecule has 0 unspecified atom stereocenters. The molecule has 0 aliphatic heterocycles. The Morgan fingerprint density at radius 1 is 1.10 bits per heavy atom. The molecule has 39 heavy (non-hydrogen) atoms. The van der Waals surface area contributed by atoms with Gasteiger partial charge in [0.1, 0.15) is 17.1 Å². The first-order valence-corrected chi connectivity index (χ1v) is 12.5. The van der Waals surface area contributed by atoms with Gasteiger partial charge in [-0.25, -0.2) is 19.7 Å². The molecule has 204 valence electrons. The molecular formula is C25H25Cl2N7O5. The molecule has 0 spiro atoms. The number of aryl methyl sites for hydroxylation is 1. The number of hydrogen-bond donors (Lipinski definition) is 5. The van der Waals surface area contributed by atoms with Crippen LogP contribution in [0.5, 0.6) is 0 Å². The summed E-state index contributed by atoms with van der Waals surface area (Å²) in [5.74, 6) is 0.840. The molecule has 5 N–H and O–H groups in total. The van der Waals surface area contributed by atoms with Gasteiger partial charge in [-0.3, -0.25) is 4.98 Å². The van der Waals surface area contributed by atoms with E-state index in [4.69, 9.17) is 37.5 Å². The Kier molecular flexibility index (Phi) is 9.49. The quantitative estimate of drug-likeness (QED) is 0.141. The van der Waals surface area contributed by atoms with Crippen molar-refractivity contribution in [2.75, 3.05) is 42.3 Å². The third-order valence-corrected chi connectivity index (χ3v) is 5.83. The van der Waals surface area contributed by atoms with E-state index in [9.17, 15) is 9.90 Å². The fraction of sp³-hybridized carbons (Fsp3) is 0.240. The lowest BCUT2D eigenvalue weighted by molar-refractivity contribution is 0.0697. The van der Waals surface area contributed by atoms with Gasteiger partial charge in [0.2, 0.25) is 5.89 Å². The highest BCUT2D eigenvalue weighted by Crippen LogP contribution is 2.33. The SMILES string of the molecule is Cc1nc(NCCOCCO)c(NCc2ncc(-c3cc(Cl)ccc3Cl)o2)c(Nc2ccncc2C(=O)O)n1.